The predicted octanol–water partition coefficient (Wildman–Crippen LogP) is 2.79. The number of carboxylic acid groups (broad SMARTS) is 1. The highest BCUT2D eigenvalue weighted by molar-refractivity contribution is 5.69. The van der Waals surface area contributed by atoms with Crippen molar-refractivity contribution in [2.24, 2.45) is 0 Å². The molecule has 0 atom stereocenters. The number of halogens is 2. The highest BCUT2D eigenvalue weighted by Crippen LogP contribution is 2.27. The maximum atomic E-state index is 14.1. The van der Waals surface area contributed by atoms with Crippen molar-refractivity contribution in [1.29, 1.82) is 0 Å². The Kier molecular flexibility index (Phi) is 6.10. The summed E-state index contributed by atoms with van der Waals surface area (Å²) in [5, 5.41) is 16.9. The molecule has 0 unspecified atom stereocenters. The minimum absolute atomic E-state index is 0.0715. The second-order valence-electron chi connectivity index (χ2n) is 7.32. The van der Waals surface area contributed by atoms with Crippen LogP contribution in [0.2, 0.25) is 0 Å². The number of aromatic nitrogens is 2. The van der Waals surface area contributed by atoms with E-state index in [1.54, 1.807) is 0 Å². The van der Waals surface area contributed by atoms with Crippen molar-refractivity contribution >= 4 is 5.97 Å². The van der Waals surface area contributed by atoms with Gasteiger partial charge in [0, 0.05) is 36.0 Å². The van der Waals surface area contributed by atoms with Gasteiger partial charge >= 0.3 is 5.97 Å². The Bertz CT molecular complexity index is 862. The fraction of sp³-hybridized carbons (Fsp3) is 0.500. The Balaban J connectivity index is 1.62. The summed E-state index contributed by atoms with van der Waals surface area (Å²) in [6.07, 6.45) is 1.81. The topological polar surface area (TPSA) is 70.4 Å². The molecule has 2 aromatic rings. The quantitative estimate of drug-likeness (QED) is 0.723. The lowest BCUT2D eigenvalue weighted by Crippen LogP contribution is -2.53. The second kappa shape index (κ2) is 8.36. The number of aliphatic carboxylic acids is 1. The average molecular weight is 392 g/mol. The highest BCUT2D eigenvalue weighted by atomic mass is 19.1. The molecule has 1 heterocycles. The summed E-state index contributed by atoms with van der Waals surface area (Å²) in [6.45, 7) is 7.11. The molecule has 152 valence electrons. The van der Waals surface area contributed by atoms with Crippen molar-refractivity contribution in [2.75, 3.05) is 13.1 Å². The summed E-state index contributed by atoms with van der Waals surface area (Å²) in [5.74, 6) is -2.07. The predicted molar refractivity (Wildman–Crippen MR) is 101 cm³/mol. The second-order valence-corrected chi connectivity index (χ2v) is 7.32. The van der Waals surface area contributed by atoms with Crippen LogP contribution in [-0.2, 0) is 11.3 Å². The lowest BCUT2D eigenvalue weighted by molar-refractivity contribution is -0.139. The van der Waals surface area contributed by atoms with Gasteiger partial charge in [-0.1, -0.05) is 6.92 Å². The maximum Gasteiger partial charge on any atom is 0.317 e. The van der Waals surface area contributed by atoms with Gasteiger partial charge in [-0.2, -0.15) is 5.10 Å². The van der Waals surface area contributed by atoms with E-state index in [-0.39, 0.29) is 18.3 Å². The number of nitrogens with zero attached hydrogens (tertiary/aromatic N) is 3. The van der Waals surface area contributed by atoms with Crippen molar-refractivity contribution in [1.82, 2.24) is 20.0 Å². The van der Waals surface area contributed by atoms with Crippen LogP contribution in [0.25, 0.3) is 5.69 Å². The first-order valence-electron chi connectivity index (χ1n) is 9.49. The van der Waals surface area contributed by atoms with Gasteiger partial charge in [0.2, 0.25) is 0 Å². The molecule has 1 aliphatic carbocycles. The van der Waals surface area contributed by atoms with Gasteiger partial charge in [0.1, 0.15) is 11.5 Å². The average Bonchev–Trinajstić information content (AvgIpc) is 2.86. The van der Waals surface area contributed by atoms with Gasteiger partial charge in [-0.15, -0.1) is 0 Å². The summed E-state index contributed by atoms with van der Waals surface area (Å²) in [6, 6.07) is 4.07. The van der Waals surface area contributed by atoms with Crippen molar-refractivity contribution in [3.8, 4) is 5.69 Å². The zero-order chi connectivity index (χ0) is 20.4. The van der Waals surface area contributed by atoms with Crippen LogP contribution in [0.1, 0.15) is 36.7 Å². The fourth-order valence-corrected chi connectivity index (χ4v) is 3.79. The number of nitrogens with one attached hydrogen (secondary N) is 1. The zero-order valence-corrected chi connectivity index (χ0v) is 16.4. The maximum absolute atomic E-state index is 14.1. The highest BCUT2D eigenvalue weighted by Gasteiger charge is 2.33. The largest absolute Gasteiger partial charge is 0.480 e. The van der Waals surface area contributed by atoms with Crippen molar-refractivity contribution in [2.45, 2.75) is 52.2 Å². The Hall–Kier alpha value is -2.32. The van der Waals surface area contributed by atoms with E-state index in [0.717, 1.165) is 42.4 Å². The van der Waals surface area contributed by atoms with Crippen molar-refractivity contribution in [3.05, 3.63) is 46.8 Å². The molecule has 2 N–H and O–H groups in total. The van der Waals surface area contributed by atoms with Gasteiger partial charge in [-0.05, 0) is 45.4 Å². The number of carbonyl (C=O) groups is 1. The Morgan fingerprint density at radius 1 is 1.36 bits per heavy atom. The van der Waals surface area contributed by atoms with Crippen molar-refractivity contribution in [3.63, 3.8) is 0 Å². The summed E-state index contributed by atoms with van der Waals surface area (Å²) in [5.41, 5.74) is 2.83. The van der Waals surface area contributed by atoms with E-state index in [1.807, 2.05) is 25.7 Å². The monoisotopic (exact) mass is 392 g/mol. The van der Waals surface area contributed by atoms with Crippen LogP contribution >= 0.6 is 0 Å². The molecular formula is C20H26F2N4O2. The van der Waals surface area contributed by atoms with Gasteiger partial charge in [-0.3, -0.25) is 9.69 Å². The summed E-state index contributed by atoms with van der Waals surface area (Å²) >= 11 is 0. The van der Waals surface area contributed by atoms with Crippen LogP contribution < -0.4 is 5.32 Å². The number of likely N-dealkylation sites (N-methyl/N-ethyl adjacent to an activating group) is 1. The molecular weight excluding hydrogens is 366 g/mol. The van der Waals surface area contributed by atoms with Crippen LogP contribution in [0, 0.1) is 25.5 Å². The first-order chi connectivity index (χ1) is 13.3. The number of aryl methyl sites for hydroxylation is 1. The van der Waals surface area contributed by atoms with E-state index in [2.05, 4.69) is 10.4 Å². The van der Waals surface area contributed by atoms with Crippen LogP contribution in [0.4, 0.5) is 8.78 Å². The lowest BCUT2D eigenvalue weighted by Gasteiger charge is -2.42. The zero-order valence-electron chi connectivity index (χ0n) is 16.4. The SMILES string of the molecule is CCN(CC(=O)O)C1CC(NCc2c(C)nn(-c3ccc(F)cc3F)c2C)C1. The number of hydrogen-bond donors (Lipinski definition) is 2. The molecule has 1 aromatic carbocycles. The molecule has 0 amide bonds. The molecule has 1 fully saturated rings. The number of benzene rings is 1. The van der Waals surface area contributed by atoms with Crippen LogP contribution in [0.5, 0.6) is 0 Å². The normalized spacial score (nSPS) is 19.1. The molecule has 1 aromatic heterocycles. The van der Waals surface area contributed by atoms with Crippen LogP contribution in [0.3, 0.4) is 0 Å². The van der Waals surface area contributed by atoms with Crippen LogP contribution in [-0.4, -0.2) is 50.9 Å². The number of rotatable bonds is 8. The molecule has 28 heavy (non-hydrogen) atoms. The van der Waals surface area contributed by atoms with Gasteiger partial charge in [0.15, 0.2) is 5.82 Å². The molecule has 1 aliphatic rings. The van der Waals surface area contributed by atoms with Gasteiger partial charge in [0.05, 0.1) is 12.2 Å². The minimum atomic E-state index is -0.801. The van der Waals surface area contributed by atoms with Gasteiger partial charge in [0.25, 0.3) is 0 Å². The third-order valence-electron chi connectivity index (χ3n) is 5.52. The standard InChI is InChI=1S/C20H26F2N4O2/c1-4-25(11-20(27)28)16-8-15(9-16)23-10-17-12(2)24-26(13(17)3)19-6-5-14(21)7-18(19)22/h5-7,15-16,23H,4,8-11H2,1-3H3,(H,27,28). The summed E-state index contributed by atoms with van der Waals surface area (Å²) < 4.78 is 28.8. The van der Waals surface area contributed by atoms with E-state index in [0.29, 0.717) is 12.6 Å². The summed E-state index contributed by atoms with van der Waals surface area (Å²) in [4.78, 5) is 12.9. The molecule has 6 nitrogen and oxygen atoms in total. The van der Waals surface area contributed by atoms with E-state index in [1.165, 1.54) is 16.8 Å². The Morgan fingerprint density at radius 3 is 2.68 bits per heavy atom. The van der Waals surface area contributed by atoms with E-state index < -0.39 is 17.6 Å². The number of hydrogen-bond acceptors (Lipinski definition) is 4. The fourth-order valence-electron chi connectivity index (χ4n) is 3.79. The molecule has 1 saturated carbocycles. The third kappa shape index (κ3) is 4.23. The summed E-state index contributed by atoms with van der Waals surface area (Å²) in [7, 11) is 0. The Morgan fingerprint density at radius 2 is 2.07 bits per heavy atom. The van der Waals surface area contributed by atoms with Gasteiger partial charge in [-0.25, -0.2) is 13.5 Å². The molecule has 0 spiro atoms. The van der Waals surface area contributed by atoms with E-state index >= 15 is 0 Å². The molecule has 8 heteroatoms. The van der Waals surface area contributed by atoms with E-state index in [9.17, 15) is 13.6 Å². The third-order valence-corrected chi connectivity index (χ3v) is 5.52. The van der Waals surface area contributed by atoms with Gasteiger partial charge < -0.3 is 10.4 Å². The van der Waals surface area contributed by atoms with E-state index in [4.69, 9.17) is 5.11 Å². The molecule has 0 saturated heterocycles. The van der Waals surface area contributed by atoms with Crippen LogP contribution in [0.15, 0.2) is 18.2 Å². The molecule has 3 rings (SSSR count). The Labute approximate surface area is 163 Å². The smallest absolute Gasteiger partial charge is 0.317 e. The molecule has 0 aliphatic heterocycles. The first kappa shape index (κ1) is 20.4. The molecule has 0 bridgehead atoms. The first-order valence-corrected chi connectivity index (χ1v) is 9.49. The van der Waals surface area contributed by atoms with Crippen molar-refractivity contribution < 1.29 is 18.7 Å². The minimum Gasteiger partial charge on any atom is -0.480 e. The number of carboxylic acids is 1. The lowest BCUT2D eigenvalue weighted by atomic mass is 9.85. The molecule has 0 radical (unpaired) electrons.